The van der Waals surface area contributed by atoms with E-state index >= 15 is 0 Å². The van der Waals surface area contributed by atoms with E-state index in [1.54, 1.807) is 0 Å². The molecular formula is C53H31N3. The number of benzene rings is 9. The smallest absolute Gasteiger partial charge is 0.0737 e. The van der Waals surface area contributed by atoms with Gasteiger partial charge in [0.05, 0.1) is 44.5 Å². The van der Waals surface area contributed by atoms with Gasteiger partial charge in [0.1, 0.15) is 0 Å². The third-order valence-corrected chi connectivity index (χ3v) is 12.2. The van der Waals surface area contributed by atoms with Gasteiger partial charge in [0.15, 0.2) is 0 Å². The second-order valence-corrected chi connectivity index (χ2v) is 15.1. The van der Waals surface area contributed by atoms with E-state index in [4.69, 9.17) is 4.98 Å². The molecule has 13 aromatic rings. The largest absolute Gasteiger partial charge is 0.308 e. The zero-order chi connectivity index (χ0) is 36.5. The van der Waals surface area contributed by atoms with Crippen molar-refractivity contribution in [1.82, 2.24) is 14.0 Å². The Kier molecular flexibility index (Phi) is 5.89. The highest BCUT2D eigenvalue weighted by molar-refractivity contribution is 6.36. The molecule has 3 heteroatoms. The van der Waals surface area contributed by atoms with E-state index in [2.05, 4.69) is 197 Å². The lowest BCUT2D eigenvalue weighted by Crippen LogP contribution is -1.99. The molecule has 0 aliphatic heterocycles. The molecule has 13 rings (SSSR count). The molecule has 0 atom stereocenters. The maximum absolute atomic E-state index is 5.40. The highest BCUT2D eigenvalue weighted by Gasteiger charge is 2.25. The zero-order valence-corrected chi connectivity index (χ0v) is 30.2. The van der Waals surface area contributed by atoms with Crippen LogP contribution in [0.3, 0.4) is 0 Å². The summed E-state index contributed by atoms with van der Waals surface area (Å²) in [5.74, 6) is 0. The molecule has 0 bridgehead atoms. The molecule has 0 aliphatic carbocycles. The first-order chi connectivity index (χ1) is 27.8. The molecule has 0 amide bonds. The second-order valence-electron chi connectivity index (χ2n) is 15.1. The topological polar surface area (TPSA) is 22.2 Å². The van der Waals surface area contributed by atoms with Gasteiger partial charge in [-0.15, -0.1) is 0 Å². The number of rotatable bonds is 3. The Labute approximate surface area is 321 Å². The van der Waals surface area contributed by atoms with Gasteiger partial charge in [0, 0.05) is 43.3 Å². The number of para-hydroxylation sites is 3. The monoisotopic (exact) mass is 709 g/mol. The lowest BCUT2D eigenvalue weighted by Gasteiger charge is -2.16. The molecule has 0 saturated carbocycles. The number of pyridine rings is 1. The van der Waals surface area contributed by atoms with Gasteiger partial charge in [0.2, 0.25) is 0 Å². The summed E-state index contributed by atoms with van der Waals surface area (Å²) in [5.41, 5.74) is 12.8. The molecule has 0 saturated heterocycles. The van der Waals surface area contributed by atoms with E-state index in [1.165, 1.54) is 92.6 Å². The van der Waals surface area contributed by atoms with Crippen molar-refractivity contribution in [2.45, 2.75) is 0 Å². The van der Waals surface area contributed by atoms with Crippen LogP contribution >= 0.6 is 0 Å². The fourth-order valence-corrected chi connectivity index (χ4v) is 9.83. The lowest BCUT2D eigenvalue weighted by atomic mass is 9.95. The molecule has 56 heavy (non-hydrogen) atoms. The van der Waals surface area contributed by atoms with Crippen molar-refractivity contribution in [3.05, 3.63) is 188 Å². The number of hydrogen-bond acceptors (Lipinski definition) is 1. The molecule has 0 spiro atoms. The molecule has 258 valence electrons. The summed E-state index contributed by atoms with van der Waals surface area (Å²) in [6.07, 6.45) is 0. The number of nitrogens with zero attached hydrogens (tertiary/aromatic N) is 3. The van der Waals surface area contributed by atoms with Gasteiger partial charge in [-0.25, -0.2) is 4.98 Å². The van der Waals surface area contributed by atoms with Crippen molar-refractivity contribution in [2.75, 3.05) is 0 Å². The van der Waals surface area contributed by atoms with E-state index in [0.29, 0.717) is 0 Å². The summed E-state index contributed by atoms with van der Waals surface area (Å²) < 4.78 is 5.03. The van der Waals surface area contributed by atoms with Gasteiger partial charge in [-0.1, -0.05) is 146 Å². The molecule has 0 N–H and O–H groups in total. The van der Waals surface area contributed by atoms with Crippen LogP contribution < -0.4 is 0 Å². The van der Waals surface area contributed by atoms with Crippen molar-refractivity contribution >= 4 is 92.3 Å². The minimum atomic E-state index is 0.965. The third-order valence-electron chi connectivity index (χ3n) is 12.2. The minimum Gasteiger partial charge on any atom is -0.308 e. The maximum Gasteiger partial charge on any atom is 0.0737 e. The van der Waals surface area contributed by atoms with Crippen LogP contribution in [0.4, 0.5) is 0 Å². The molecule has 4 aromatic heterocycles. The number of hydrogen-bond donors (Lipinski definition) is 0. The average molecular weight is 710 g/mol. The van der Waals surface area contributed by atoms with Crippen LogP contribution in [0.15, 0.2) is 188 Å². The lowest BCUT2D eigenvalue weighted by molar-refractivity contribution is 1.19. The van der Waals surface area contributed by atoms with Gasteiger partial charge in [0.25, 0.3) is 0 Å². The Morgan fingerprint density at radius 1 is 0.357 bits per heavy atom. The first-order valence-electron chi connectivity index (χ1n) is 19.3. The summed E-state index contributed by atoms with van der Waals surface area (Å²) in [4.78, 5) is 5.40. The van der Waals surface area contributed by atoms with Crippen LogP contribution in [0.25, 0.3) is 120 Å². The fraction of sp³-hybridized carbons (Fsp3) is 0. The van der Waals surface area contributed by atoms with E-state index in [9.17, 15) is 0 Å². The Balaban J connectivity index is 1.19. The Morgan fingerprint density at radius 3 is 1.86 bits per heavy atom. The predicted octanol–water partition coefficient (Wildman–Crippen LogP) is 14.1. The third kappa shape index (κ3) is 3.93. The van der Waals surface area contributed by atoms with Crippen LogP contribution in [0.5, 0.6) is 0 Å². The fourth-order valence-electron chi connectivity index (χ4n) is 9.83. The molecule has 4 heterocycles. The van der Waals surface area contributed by atoms with Crippen LogP contribution in [-0.2, 0) is 0 Å². The van der Waals surface area contributed by atoms with E-state index in [-0.39, 0.29) is 0 Å². The van der Waals surface area contributed by atoms with E-state index < -0.39 is 0 Å². The number of aromatic nitrogens is 3. The van der Waals surface area contributed by atoms with Crippen LogP contribution in [0, 0.1) is 0 Å². The highest BCUT2D eigenvalue weighted by Crippen LogP contribution is 2.48. The molecule has 0 aliphatic rings. The molecular weight excluding hydrogens is 679 g/mol. The summed E-state index contributed by atoms with van der Waals surface area (Å²) in [5, 5.41) is 13.7. The van der Waals surface area contributed by atoms with Crippen molar-refractivity contribution in [3.63, 3.8) is 0 Å². The standard InChI is InChI=1S/C53H31N3/c1-2-14-32(15-3-1)33-26-27-38-43-30-50-51(52-41-22-10-13-25-47(41)56(53(43)52)48(38)29-33)40-21-9-12-24-46(40)55(50)49-31-45(54-44-23-11-8-20-39(44)49)42-28-34-16-4-5-17-35(34)36-18-6-7-19-37(36)42/h1-31H. The summed E-state index contributed by atoms with van der Waals surface area (Å²) >= 11 is 0. The maximum atomic E-state index is 5.40. The highest BCUT2D eigenvalue weighted by atomic mass is 15.0. The van der Waals surface area contributed by atoms with Crippen molar-refractivity contribution < 1.29 is 0 Å². The quantitative estimate of drug-likeness (QED) is 0.167. The predicted molar refractivity (Wildman–Crippen MR) is 237 cm³/mol. The summed E-state index contributed by atoms with van der Waals surface area (Å²) in [6, 6.07) is 68.8. The van der Waals surface area contributed by atoms with E-state index in [0.717, 1.165) is 27.8 Å². The molecule has 0 unspecified atom stereocenters. The second kappa shape index (κ2) is 11.0. The van der Waals surface area contributed by atoms with Gasteiger partial charge in [-0.05, 0) is 75.1 Å². The van der Waals surface area contributed by atoms with Crippen molar-refractivity contribution in [3.8, 4) is 28.1 Å². The van der Waals surface area contributed by atoms with E-state index in [1.807, 2.05) is 0 Å². The summed E-state index contributed by atoms with van der Waals surface area (Å²) in [6.45, 7) is 0. The number of fused-ring (bicyclic) bond motifs is 14. The van der Waals surface area contributed by atoms with Crippen LogP contribution in [0.2, 0.25) is 0 Å². The van der Waals surface area contributed by atoms with Gasteiger partial charge < -0.3 is 8.97 Å². The Morgan fingerprint density at radius 2 is 1.02 bits per heavy atom. The molecule has 3 nitrogen and oxygen atoms in total. The van der Waals surface area contributed by atoms with Crippen LogP contribution in [-0.4, -0.2) is 14.0 Å². The van der Waals surface area contributed by atoms with Gasteiger partial charge >= 0.3 is 0 Å². The zero-order valence-electron chi connectivity index (χ0n) is 30.2. The normalized spacial score (nSPS) is 12.3. The molecule has 0 fully saturated rings. The minimum absolute atomic E-state index is 0.965. The molecule has 9 aromatic carbocycles. The Bertz CT molecular complexity index is 3760. The molecule has 0 radical (unpaired) electrons. The Hall–Kier alpha value is -7.49. The SMILES string of the molecule is c1ccc(-c2ccc3c4cc5c(c6ccccc6n5-c5cc(-c6cc7ccccc7c7ccccc67)nc6ccccc56)c5c6ccccc6n(c3c2)c45)cc1. The van der Waals surface area contributed by atoms with Gasteiger partial charge in [-0.2, -0.15) is 0 Å². The average Bonchev–Trinajstić information content (AvgIpc) is 3.90. The van der Waals surface area contributed by atoms with Gasteiger partial charge in [-0.3, -0.25) is 0 Å². The first-order valence-corrected chi connectivity index (χ1v) is 19.3. The van der Waals surface area contributed by atoms with Crippen molar-refractivity contribution in [2.24, 2.45) is 0 Å². The van der Waals surface area contributed by atoms with Crippen LogP contribution in [0.1, 0.15) is 0 Å². The summed E-state index contributed by atoms with van der Waals surface area (Å²) in [7, 11) is 0. The first kappa shape index (κ1) is 29.9. The van der Waals surface area contributed by atoms with Crippen molar-refractivity contribution in [1.29, 1.82) is 0 Å².